The van der Waals surface area contributed by atoms with Crippen molar-refractivity contribution in [3.63, 3.8) is 0 Å². The Kier molecular flexibility index (Phi) is 6.56. The minimum absolute atomic E-state index is 0.200. The third-order valence-corrected chi connectivity index (χ3v) is 5.17. The molecule has 0 spiro atoms. The maximum atomic E-state index is 13.6. The van der Waals surface area contributed by atoms with Crippen LogP contribution in [-0.4, -0.2) is 48.9 Å². The number of benzene rings is 2. The summed E-state index contributed by atoms with van der Waals surface area (Å²) in [5, 5.41) is 0. The zero-order chi connectivity index (χ0) is 19.2. The zero-order valence-corrected chi connectivity index (χ0v) is 15.7. The van der Waals surface area contributed by atoms with Crippen LogP contribution in [0.25, 0.3) is 0 Å². The first-order chi connectivity index (χ1) is 13.0. The van der Waals surface area contributed by atoms with Gasteiger partial charge in [-0.05, 0) is 62.5 Å². The number of carbonyl (C=O) groups is 1. The molecule has 0 unspecified atom stereocenters. The van der Waals surface area contributed by atoms with Crippen LogP contribution in [-0.2, 0) is 6.42 Å². The molecule has 144 valence electrons. The van der Waals surface area contributed by atoms with Crippen molar-refractivity contribution in [1.82, 2.24) is 9.80 Å². The smallest absolute Gasteiger partial charge is 0.253 e. The van der Waals surface area contributed by atoms with Crippen molar-refractivity contribution in [2.75, 3.05) is 33.2 Å². The van der Waals surface area contributed by atoms with E-state index in [1.165, 1.54) is 6.07 Å². The van der Waals surface area contributed by atoms with Crippen LogP contribution < -0.4 is 0 Å². The minimum Gasteiger partial charge on any atom is -0.338 e. The molecule has 0 aliphatic carbocycles. The van der Waals surface area contributed by atoms with E-state index in [0.29, 0.717) is 19.0 Å². The molecule has 3 nitrogen and oxygen atoms in total. The number of hydrogen-bond acceptors (Lipinski definition) is 2. The van der Waals surface area contributed by atoms with E-state index in [-0.39, 0.29) is 11.5 Å². The van der Waals surface area contributed by atoms with Crippen LogP contribution in [0.4, 0.5) is 8.78 Å². The Morgan fingerprint density at radius 2 is 1.93 bits per heavy atom. The fraction of sp³-hybridized carbons (Fsp3) is 0.409. The topological polar surface area (TPSA) is 23.6 Å². The van der Waals surface area contributed by atoms with Gasteiger partial charge in [-0.15, -0.1) is 0 Å². The Morgan fingerprint density at radius 1 is 1.15 bits per heavy atom. The maximum absolute atomic E-state index is 13.6. The summed E-state index contributed by atoms with van der Waals surface area (Å²) in [5.74, 6) is -1.76. The van der Waals surface area contributed by atoms with E-state index in [1.807, 2.05) is 30.3 Å². The Bertz CT molecular complexity index is 766. The Labute approximate surface area is 159 Å². The van der Waals surface area contributed by atoms with Gasteiger partial charge in [0.05, 0.1) is 0 Å². The first kappa shape index (κ1) is 19.5. The van der Waals surface area contributed by atoms with Crippen LogP contribution in [0.1, 0.15) is 28.8 Å². The van der Waals surface area contributed by atoms with Crippen molar-refractivity contribution < 1.29 is 13.6 Å². The van der Waals surface area contributed by atoms with Crippen LogP contribution in [0.3, 0.4) is 0 Å². The van der Waals surface area contributed by atoms with Gasteiger partial charge in [0.1, 0.15) is 0 Å². The molecule has 27 heavy (non-hydrogen) atoms. The molecule has 1 fully saturated rings. The van der Waals surface area contributed by atoms with Crippen LogP contribution >= 0.6 is 0 Å². The number of nitrogens with zero attached hydrogens (tertiary/aromatic N) is 2. The van der Waals surface area contributed by atoms with Gasteiger partial charge in [-0.25, -0.2) is 8.78 Å². The van der Waals surface area contributed by atoms with Gasteiger partial charge in [0.25, 0.3) is 5.91 Å². The molecule has 3 rings (SSSR count). The van der Waals surface area contributed by atoms with Crippen LogP contribution in [0.15, 0.2) is 48.5 Å². The molecular weight excluding hydrogens is 346 g/mol. The molecule has 0 radical (unpaired) electrons. The van der Waals surface area contributed by atoms with Crippen molar-refractivity contribution in [2.45, 2.75) is 19.3 Å². The second-order valence-electron chi connectivity index (χ2n) is 7.39. The molecule has 2 aromatic rings. The van der Waals surface area contributed by atoms with Crippen LogP contribution in [0, 0.1) is 17.6 Å². The number of carbonyl (C=O) groups excluding carboxylic acids is 1. The summed E-state index contributed by atoms with van der Waals surface area (Å²) < 4.78 is 26.9. The van der Waals surface area contributed by atoms with Gasteiger partial charge in [-0.2, -0.15) is 0 Å². The van der Waals surface area contributed by atoms with Crippen molar-refractivity contribution in [3.05, 3.63) is 71.3 Å². The van der Waals surface area contributed by atoms with E-state index in [1.54, 1.807) is 4.90 Å². The van der Waals surface area contributed by atoms with Gasteiger partial charge in [0.15, 0.2) is 11.6 Å². The molecule has 2 aromatic carbocycles. The normalized spacial score (nSPS) is 17.7. The molecule has 5 heteroatoms. The van der Waals surface area contributed by atoms with Crippen molar-refractivity contribution in [3.8, 4) is 0 Å². The van der Waals surface area contributed by atoms with Gasteiger partial charge in [0.2, 0.25) is 0 Å². The van der Waals surface area contributed by atoms with E-state index in [9.17, 15) is 13.6 Å². The highest BCUT2D eigenvalue weighted by Gasteiger charge is 2.24. The lowest BCUT2D eigenvalue weighted by Gasteiger charge is -2.34. The van der Waals surface area contributed by atoms with E-state index >= 15 is 0 Å². The number of hydrogen-bond donors (Lipinski definition) is 0. The molecule has 0 bridgehead atoms. The zero-order valence-electron chi connectivity index (χ0n) is 15.7. The van der Waals surface area contributed by atoms with Gasteiger partial charge in [-0.3, -0.25) is 4.79 Å². The van der Waals surface area contributed by atoms with Gasteiger partial charge in [-0.1, -0.05) is 30.3 Å². The Morgan fingerprint density at radius 3 is 2.63 bits per heavy atom. The van der Waals surface area contributed by atoms with Gasteiger partial charge in [0, 0.05) is 25.2 Å². The first-order valence-corrected chi connectivity index (χ1v) is 9.49. The van der Waals surface area contributed by atoms with Crippen LogP contribution in [0.5, 0.6) is 0 Å². The minimum atomic E-state index is -0.985. The second-order valence-corrected chi connectivity index (χ2v) is 7.39. The highest BCUT2D eigenvalue weighted by atomic mass is 19.2. The summed E-state index contributed by atoms with van der Waals surface area (Å²) in [6.07, 6.45) is 2.93. The molecule has 1 atom stereocenters. The number of rotatable bonds is 6. The van der Waals surface area contributed by atoms with Crippen molar-refractivity contribution in [1.29, 1.82) is 0 Å². The fourth-order valence-corrected chi connectivity index (χ4v) is 3.73. The van der Waals surface area contributed by atoms with E-state index in [4.69, 9.17) is 0 Å². The summed E-state index contributed by atoms with van der Waals surface area (Å²) in [6.45, 7) is 3.22. The molecule has 1 saturated heterocycles. The second kappa shape index (κ2) is 9.09. The number of amides is 1. The lowest BCUT2D eigenvalue weighted by molar-refractivity contribution is 0.0692. The third kappa shape index (κ3) is 5.36. The molecule has 1 aliphatic heterocycles. The fourth-order valence-electron chi connectivity index (χ4n) is 3.73. The quantitative estimate of drug-likeness (QED) is 0.765. The first-order valence-electron chi connectivity index (χ1n) is 9.49. The average molecular weight is 372 g/mol. The summed E-state index contributed by atoms with van der Waals surface area (Å²) in [5.41, 5.74) is 1.35. The molecular formula is C22H26F2N2O. The predicted octanol–water partition coefficient (Wildman–Crippen LogP) is 3.99. The number of piperidine rings is 1. The summed E-state index contributed by atoms with van der Waals surface area (Å²) in [4.78, 5) is 17.1. The third-order valence-electron chi connectivity index (χ3n) is 5.17. The Balaban J connectivity index is 1.74. The molecule has 1 amide bonds. The monoisotopic (exact) mass is 372 g/mol. The highest BCUT2D eigenvalue weighted by molar-refractivity contribution is 5.94. The highest BCUT2D eigenvalue weighted by Crippen LogP contribution is 2.19. The van der Waals surface area contributed by atoms with Crippen molar-refractivity contribution in [2.24, 2.45) is 5.92 Å². The standard InChI is InChI=1S/C22H26F2N2O/c1-25-12-5-8-18(15-25)16-26(13-11-17-6-3-2-4-7-17)22(27)19-9-10-20(23)21(24)14-19/h2-4,6-7,9-10,14,18H,5,8,11-13,15-16H2,1H3/t18-/m1/s1. The molecule has 1 heterocycles. The summed E-state index contributed by atoms with van der Waals surface area (Å²) >= 11 is 0. The number of likely N-dealkylation sites (tertiary alicyclic amines) is 1. The van der Waals surface area contributed by atoms with Gasteiger partial charge >= 0.3 is 0 Å². The molecule has 0 N–H and O–H groups in total. The van der Waals surface area contributed by atoms with E-state index in [0.717, 1.165) is 50.0 Å². The van der Waals surface area contributed by atoms with Gasteiger partial charge < -0.3 is 9.80 Å². The Hall–Kier alpha value is -2.27. The number of halogens is 2. The molecule has 1 aliphatic rings. The average Bonchev–Trinajstić information content (AvgIpc) is 2.67. The maximum Gasteiger partial charge on any atom is 0.253 e. The molecule has 0 saturated carbocycles. The predicted molar refractivity (Wildman–Crippen MR) is 103 cm³/mol. The van der Waals surface area contributed by atoms with E-state index in [2.05, 4.69) is 11.9 Å². The summed E-state index contributed by atoms with van der Waals surface area (Å²) in [6, 6.07) is 13.4. The largest absolute Gasteiger partial charge is 0.338 e. The van der Waals surface area contributed by atoms with Crippen LogP contribution in [0.2, 0.25) is 0 Å². The SMILES string of the molecule is CN1CCC[C@@H](CN(CCc2ccccc2)C(=O)c2ccc(F)c(F)c2)C1. The molecule has 0 aromatic heterocycles. The van der Waals surface area contributed by atoms with E-state index < -0.39 is 11.6 Å². The lowest BCUT2D eigenvalue weighted by atomic mass is 9.97. The summed E-state index contributed by atoms with van der Waals surface area (Å²) in [7, 11) is 2.09. The lowest BCUT2D eigenvalue weighted by Crippen LogP contribution is -2.42. The van der Waals surface area contributed by atoms with Crippen molar-refractivity contribution >= 4 is 5.91 Å².